The number of carbonyl (C=O) groups is 2. The maximum absolute atomic E-state index is 12.5. The highest BCUT2D eigenvalue weighted by molar-refractivity contribution is 5.93. The number of hydrogen-bond acceptors (Lipinski definition) is 8. The van der Waals surface area contributed by atoms with Gasteiger partial charge in [0.05, 0.1) is 12.8 Å². The van der Waals surface area contributed by atoms with Crippen molar-refractivity contribution in [2.24, 2.45) is 5.92 Å². The van der Waals surface area contributed by atoms with E-state index in [-0.39, 0.29) is 11.8 Å². The van der Waals surface area contributed by atoms with Crippen LogP contribution < -0.4 is 20.7 Å². The molecule has 0 unspecified atom stereocenters. The summed E-state index contributed by atoms with van der Waals surface area (Å²) >= 11 is 0. The van der Waals surface area contributed by atoms with Crippen LogP contribution in [0.1, 0.15) is 39.0 Å². The minimum Gasteiger partial charge on any atom is -0.495 e. The van der Waals surface area contributed by atoms with E-state index in [4.69, 9.17) is 4.74 Å². The molecule has 10 nitrogen and oxygen atoms in total. The first-order chi connectivity index (χ1) is 17.5. The van der Waals surface area contributed by atoms with E-state index in [1.807, 2.05) is 29.2 Å². The van der Waals surface area contributed by atoms with Gasteiger partial charge in [-0.3, -0.25) is 9.59 Å². The summed E-state index contributed by atoms with van der Waals surface area (Å²) < 4.78 is 5.44. The molecule has 4 rings (SSSR count). The third-order valence-electron chi connectivity index (χ3n) is 6.87. The number of nitrogens with zero attached hydrogens (tertiary/aromatic N) is 4. The summed E-state index contributed by atoms with van der Waals surface area (Å²) in [6.07, 6.45) is 6.55. The lowest BCUT2D eigenvalue weighted by Crippen LogP contribution is -2.38. The highest BCUT2D eigenvalue weighted by atomic mass is 16.5. The fraction of sp³-hybridized carbons (Fsp3) is 0.538. The quantitative estimate of drug-likeness (QED) is 0.460. The van der Waals surface area contributed by atoms with Gasteiger partial charge in [-0.25, -0.2) is 4.98 Å². The first kappa shape index (κ1) is 25.7. The second-order valence-corrected chi connectivity index (χ2v) is 9.48. The number of rotatable bonds is 10. The van der Waals surface area contributed by atoms with Gasteiger partial charge >= 0.3 is 0 Å². The molecule has 0 bridgehead atoms. The molecule has 2 aliphatic rings. The van der Waals surface area contributed by atoms with Crippen molar-refractivity contribution in [3.8, 4) is 5.75 Å². The maximum Gasteiger partial charge on any atom is 0.229 e. The molecule has 2 aromatic rings. The summed E-state index contributed by atoms with van der Waals surface area (Å²) in [6, 6.07) is 7.35. The number of benzene rings is 1. The number of methoxy groups -OCH3 is 1. The van der Waals surface area contributed by atoms with E-state index in [0.29, 0.717) is 29.7 Å². The molecular weight excluding hydrogens is 458 g/mol. The summed E-state index contributed by atoms with van der Waals surface area (Å²) in [5.74, 6) is 2.42. The fourth-order valence-corrected chi connectivity index (χ4v) is 4.71. The number of ether oxygens (including phenoxy) is 1. The Morgan fingerprint density at radius 1 is 1.11 bits per heavy atom. The van der Waals surface area contributed by atoms with Crippen LogP contribution in [-0.2, 0) is 9.59 Å². The second-order valence-electron chi connectivity index (χ2n) is 9.48. The molecule has 2 fully saturated rings. The van der Waals surface area contributed by atoms with Crippen LogP contribution in [0.25, 0.3) is 0 Å². The van der Waals surface area contributed by atoms with E-state index in [0.717, 1.165) is 63.6 Å². The van der Waals surface area contributed by atoms with E-state index in [2.05, 4.69) is 30.8 Å². The Morgan fingerprint density at radius 2 is 1.89 bits per heavy atom. The van der Waals surface area contributed by atoms with Crippen LogP contribution in [0, 0.1) is 5.92 Å². The average molecular weight is 496 g/mol. The van der Waals surface area contributed by atoms with Crippen molar-refractivity contribution in [2.75, 3.05) is 62.3 Å². The zero-order chi connectivity index (χ0) is 25.3. The normalized spacial score (nSPS) is 16.6. The third kappa shape index (κ3) is 7.30. The van der Waals surface area contributed by atoms with Crippen molar-refractivity contribution in [3.63, 3.8) is 0 Å². The molecule has 0 atom stereocenters. The number of piperidine rings is 1. The molecular formula is C26H37N7O3. The third-order valence-corrected chi connectivity index (χ3v) is 6.87. The van der Waals surface area contributed by atoms with Crippen molar-refractivity contribution in [2.45, 2.75) is 39.0 Å². The summed E-state index contributed by atoms with van der Waals surface area (Å²) in [5, 5.41) is 9.60. The van der Waals surface area contributed by atoms with Gasteiger partial charge in [-0.05, 0) is 69.0 Å². The number of nitrogens with one attached hydrogen (secondary N) is 3. The number of hydrogen-bond donors (Lipinski definition) is 3. The van der Waals surface area contributed by atoms with Gasteiger partial charge in [-0.1, -0.05) is 0 Å². The number of likely N-dealkylation sites (tertiary alicyclic amines) is 2. The lowest BCUT2D eigenvalue weighted by Gasteiger charge is -2.31. The van der Waals surface area contributed by atoms with Crippen LogP contribution >= 0.6 is 0 Å². The first-order valence-electron chi connectivity index (χ1n) is 12.8. The van der Waals surface area contributed by atoms with E-state index in [9.17, 15) is 9.59 Å². The van der Waals surface area contributed by atoms with Gasteiger partial charge < -0.3 is 30.5 Å². The monoisotopic (exact) mass is 495 g/mol. The van der Waals surface area contributed by atoms with Gasteiger partial charge in [0.25, 0.3) is 0 Å². The Hall–Kier alpha value is -3.40. The molecule has 10 heteroatoms. The van der Waals surface area contributed by atoms with Crippen LogP contribution in [0.2, 0.25) is 0 Å². The van der Waals surface area contributed by atoms with Crippen LogP contribution in [0.15, 0.2) is 30.5 Å². The second kappa shape index (κ2) is 12.5. The Kier molecular flexibility index (Phi) is 8.94. The van der Waals surface area contributed by atoms with E-state index in [1.165, 1.54) is 12.8 Å². The average Bonchev–Trinajstić information content (AvgIpc) is 3.41. The molecule has 0 spiro atoms. The molecule has 3 heterocycles. The molecule has 194 valence electrons. The summed E-state index contributed by atoms with van der Waals surface area (Å²) in [6.45, 7) is 6.98. The maximum atomic E-state index is 12.5. The summed E-state index contributed by atoms with van der Waals surface area (Å²) in [7, 11) is 1.59. The zero-order valence-corrected chi connectivity index (χ0v) is 21.3. The van der Waals surface area contributed by atoms with Gasteiger partial charge in [-0.2, -0.15) is 4.98 Å². The number of amides is 2. The molecule has 3 N–H and O–H groups in total. The highest BCUT2D eigenvalue weighted by Crippen LogP contribution is 2.29. The van der Waals surface area contributed by atoms with Crippen molar-refractivity contribution in [1.82, 2.24) is 19.8 Å². The van der Waals surface area contributed by atoms with Crippen LogP contribution in [0.5, 0.6) is 5.75 Å². The Bertz CT molecular complexity index is 1030. The molecule has 0 aliphatic carbocycles. The van der Waals surface area contributed by atoms with Crippen LogP contribution in [-0.4, -0.2) is 78.0 Å². The van der Waals surface area contributed by atoms with Crippen molar-refractivity contribution in [1.29, 1.82) is 0 Å². The van der Waals surface area contributed by atoms with E-state index < -0.39 is 0 Å². The minimum atomic E-state index is -0.0334. The lowest BCUT2D eigenvalue weighted by atomic mass is 9.97. The molecule has 2 aliphatic heterocycles. The predicted molar refractivity (Wildman–Crippen MR) is 141 cm³/mol. The Morgan fingerprint density at radius 3 is 2.61 bits per heavy atom. The Balaban J connectivity index is 1.31. The van der Waals surface area contributed by atoms with Crippen molar-refractivity contribution >= 4 is 35.0 Å². The summed E-state index contributed by atoms with van der Waals surface area (Å²) in [5.41, 5.74) is 1.36. The summed E-state index contributed by atoms with van der Waals surface area (Å²) in [4.78, 5) is 37.2. The van der Waals surface area contributed by atoms with Gasteiger partial charge in [0, 0.05) is 51.4 Å². The van der Waals surface area contributed by atoms with Crippen molar-refractivity contribution in [3.05, 3.63) is 30.5 Å². The molecule has 0 radical (unpaired) electrons. The van der Waals surface area contributed by atoms with Crippen molar-refractivity contribution < 1.29 is 14.3 Å². The Labute approximate surface area is 212 Å². The smallest absolute Gasteiger partial charge is 0.229 e. The SMILES string of the molecule is COc1ccc(Nc2nccc(NCC3CCN(C(C)=O)CC3)n2)cc1NC(=O)CCN1CCCC1. The first-order valence-corrected chi connectivity index (χ1v) is 12.8. The number of carbonyl (C=O) groups excluding carboxylic acids is 2. The molecule has 1 aromatic heterocycles. The standard InChI is InChI=1S/C26H37N7O3/c1-19(34)33-15-8-20(9-16-33)18-28-24-7-11-27-26(31-24)29-21-5-6-23(36-2)22(17-21)30-25(35)10-14-32-12-3-4-13-32/h5-7,11,17,20H,3-4,8-10,12-16,18H2,1-2H3,(H,30,35)(H2,27,28,29,31). The molecule has 2 saturated heterocycles. The van der Waals surface area contributed by atoms with E-state index >= 15 is 0 Å². The van der Waals surface area contributed by atoms with Gasteiger partial charge in [0.15, 0.2) is 0 Å². The van der Waals surface area contributed by atoms with Crippen LogP contribution in [0.4, 0.5) is 23.1 Å². The lowest BCUT2D eigenvalue weighted by molar-refractivity contribution is -0.130. The van der Waals surface area contributed by atoms with Gasteiger partial charge in [0.1, 0.15) is 11.6 Å². The fourth-order valence-electron chi connectivity index (χ4n) is 4.71. The largest absolute Gasteiger partial charge is 0.495 e. The zero-order valence-electron chi connectivity index (χ0n) is 21.3. The topological polar surface area (TPSA) is 112 Å². The predicted octanol–water partition coefficient (Wildman–Crippen LogP) is 3.32. The van der Waals surface area contributed by atoms with Crippen LogP contribution in [0.3, 0.4) is 0 Å². The van der Waals surface area contributed by atoms with E-state index in [1.54, 1.807) is 20.2 Å². The highest BCUT2D eigenvalue weighted by Gasteiger charge is 2.20. The number of aromatic nitrogens is 2. The molecule has 0 saturated carbocycles. The number of anilines is 4. The molecule has 36 heavy (non-hydrogen) atoms. The minimum absolute atomic E-state index is 0.0334. The van der Waals surface area contributed by atoms with Gasteiger partial charge in [0.2, 0.25) is 17.8 Å². The molecule has 1 aromatic carbocycles. The molecule has 2 amide bonds. The van der Waals surface area contributed by atoms with Gasteiger partial charge in [-0.15, -0.1) is 0 Å².